The third-order valence-electron chi connectivity index (χ3n) is 3.33. The molecule has 0 unspecified atom stereocenters. The molecule has 1 fully saturated rings. The molecule has 0 atom stereocenters. The van der Waals surface area contributed by atoms with Crippen LogP contribution < -0.4 is 5.32 Å². The lowest BCUT2D eigenvalue weighted by molar-refractivity contribution is -0.384. The quantitative estimate of drug-likeness (QED) is 0.655. The van der Waals surface area contributed by atoms with Crippen molar-refractivity contribution in [3.63, 3.8) is 0 Å². The summed E-state index contributed by atoms with van der Waals surface area (Å²) < 4.78 is 0. The van der Waals surface area contributed by atoms with E-state index in [0.717, 1.165) is 35.3 Å². The lowest BCUT2D eigenvalue weighted by atomic mass is 10.1. The van der Waals surface area contributed by atoms with Gasteiger partial charge in [-0.15, -0.1) is 11.3 Å². The van der Waals surface area contributed by atoms with E-state index in [0.29, 0.717) is 0 Å². The van der Waals surface area contributed by atoms with E-state index in [4.69, 9.17) is 0 Å². The van der Waals surface area contributed by atoms with Crippen LogP contribution in [0.3, 0.4) is 0 Å². The number of nitrogens with one attached hydrogen (secondary N) is 1. The van der Waals surface area contributed by atoms with Gasteiger partial charge in [0.1, 0.15) is 5.01 Å². The summed E-state index contributed by atoms with van der Waals surface area (Å²) in [5.74, 6) is 0.865. The van der Waals surface area contributed by atoms with E-state index < -0.39 is 4.92 Å². The van der Waals surface area contributed by atoms with Gasteiger partial charge in [0, 0.05) is 29.6 Å². The van der Waals surface area contributed by atoms with Gasteiger partial charge in [-0.2, -0.15) is 0 Å². The number of rotatable bonds is 6. The average Bonchev–Trinajstić information content (AvgIpc) is 3.15. The van der Waals surface area contributed by atoms with Gasteiger partial charge in [0.25, 0.3) is 5.69 Å². The maximum Gasteiger partial charge on any atom is 0.269 e. The Labute approximate surface area is 120 Å². The largest absolute Gasteiger partial charge is 0.310 e. The Morgan fingerprint density at radius 3 is 2.75 bits per heavy atom. The fraction of sp³-hybridized carbons (Fsp3) is 0.357. The summed E-state index contributed by atoms with van der Waals surface area (Å²) in [6.07, 6.45) is 2.69. The highest BCUT2D eigenvalue weighted by Gasteiger charge is 2.20. The molecule has 5 nitrogen and oxygen atoms in total. The molecule has 1 aromatic carbocycles. The fourth-order valence-electron chi connectivity index (χ4n) is 1.98. The first kappa shape index (κ1) is 13.2. The Morgan fingerprint density at radius 1 is 1.35 bits per heavy atom. The van der Waals surface area contributed by atoms with Crippen LogP contribution in [0, 0.1) is 16.0 Å². The minimum Gasteiger partial charge on any atom is -0.310 e. The number of hydrogen-bond donors (Lipinski definition) is 1. The Kier molecular flexibility index (Phi) is 3.75. The van der Waals surface area contributed by atoms with Gasteiger partial charge < -0.3 is 5.32 Å². The third kappa shape index (κ3) is 3.20. The molecule has 104 valence electrons. The number of nitrogens with zero attached hydrogens (tertiary/aromatic N) is 2. The molecule has 1 aromatic heterocycles. The molecule has 20 heavy (non-hydrogen) atoms. The number of nitro groups is 1. The molecule has 1 aliphatic carbocycles. The lowest BCUT2D eigenvalue weighted by Crippen LogP contribution is -2.15. The van der Waals surface area contributed by atoms with Crippen molar-refractivity contribution in [2.45, 2.75) is 19.4 Å². The van der Waals surface area contributed by atoms with Crippen LogP contribution in [0.15, 0.2) is 29.6 Å². The number of hydrogen-bond acceptors (Lipinski definition) is 5. The maximum absolute atomic E-state index is 10.6. The molecule has 2 aromatic rings. The monoisotopic (exact) mass is 289 g/mol. The average molecular weight is 289 g/mol. The zero-order valence-corrected chi connectivity index (χ0v) is 11.7. The summed E-state index contributed by atoms with van der Waals surface area (Å²) in [7, 11) is 0. The van der Waals surface area contributed by atoms with Crippen molar-refractivity contribution in [2.24, 2.45) is 5.92 Å². The van der Waals surface area contributed by atoms with Crippen LogP contribution in [0.1, 0.15) is 17.8 Å². The Balaban J connectivity index is 1.64. The van der Waals surface area contributed by atoms with Crippen molar-refractivity contribution < 1.29 is 4.92 Å². The number of aromatic nitrogens is 1. The summed E-state index contributed by atoms with van der Waals surface area (Å²) >= 11 is 1.62. The molecule has 0 radical (unpaired) electrons. The van der Waals surface area contributed by atoms with Crippen molar-refractivity contribution in [1.29, 1.82) is 0 Å². The molecule has 3 rings (SSSR count). The molecule has 1 saturated carbocycles. The third-order valence-corrected chi connectivity index (χ3v) is 4.18. The molecule has 1 N–H and O–H groups in total. The van der Waals surface area contributed by atoms with Crippen molar-refractivity contribution >= 4 is 17.0 Å². The van der Waals surface area contributed by atoms with Gasteiger partial charge >= 0.3 is 0 Å². The van der Waals surface area contributed by atoms with Gasteiger partial charge in [-0.3, -0.25) is 10.1 Å². The standard InChI is InChI=1S/C14H15N3O2S/c18-17(19)12-5-3-11(4-6-12)13-9-20-14(16-13)8-15-7-10-1-2-10/h3-6,9-10,15H,1-2,7-8H2. The van der Waals surface area contributed by atoms with Gasteiger partial charge in [-0.1, -0.05) is 0 Å². The summed E-state index contributed by atoms with van der Waals surface area (Å²) in [4.78, 5) is 14.8. The molecule has 0 spiro atoms. The first-order valence-electron chi connectivity index (χ1n) is 6.62. The zero-order valence-electron chi connectivity index (χ0n) is 10.9. The zero-order chi connectivity index (χ0) is 13.9. The smallest absolute Gasteiger partial charge is 0.269 e. The van der Waals surface area contributed by atoms with Crippen LogP contribution in [0.5, 0.6) is 0 Å². The molecule has 0 saturated heterocycles. The number of non-ortho nitro benzene ring substituents is 1. The maximum atomic E-state index is 10.6. The lowest BCUT2D eigenvalue weighted by Gasteiger charge is -1.99. The van der Waals surface area contributed by atoms with E-state index in [1.165, 1.54) is 25.0 Å². The molecule has 0 aliphatic heterocycles. The second-order valence-electron chi connectivity index (χ2n) is 5.00. The predicted molar refractivity (Wildman–Crippen MR) is 78.6 cm³/mol. The van der Waals surface area contributed by atoms with Gasteiger partial charge in [-0.25, -0.2) is 4.98 Å². The first-order valence-corrected chi connectivity index (χ1v) is 7.50. The van der Waals surface area contributed by atoms with E-state index in [1.54, 1.807) is 23.5 Å². The summed E-state index contributed by atoms with van der Waals surface area (Å²) in [5.41, 5.74) is 1.91. The molecule has 1 aliphatic rings. The highest BCUT2D eigenvalue weighted by Crippen LogP contribution is 2.28. The minimum atomic E-state index is -0.391. The summed E-state index contributed by atoms with van der Waals surface area (Å²) in [6.45, 7) is 1.88. The van der Waals surface area contributed by atoms with Crippen LogP contribution in [0.2, 0.25) is 0 Å². The Morgan fingerprint density at radius 2 is 2.10 bits per heavy atom. The van der Waals surface area contributed by atoms with E-state index >= 15 is 0 Å². The van der Waals surface area contributed by atoms with Crippen molar-refractivity contribution in [1.82, 2.24) is 10.3 Å². The summed E-state index contributed by atoms with van der Waals surface area (Å²) in [6, 6.07) is 6.52. The van der Waals surface area contributed by atoms with Gasteiger partial charge in [0.2, 0.25) is 0 Å². The molecule has 1 heterocycles. The van der Waals surface area contributed by atoms with Crippen molar-refractivity contribution in [3.8, 4) is 11.3 Å². The second kappa shape index (κ2) is 5.68. The van der Waals surface area contributed by atoms with Crippen LogP contribution in [0.4, 0.5) is 5.69 Å². The second-order valence-corrected chi connectivity index (χ2v) is 5.95. The van der Waals surface area contributed by atoms with Crippen LogP contribution >= 0.6 is 11.3 Å². The van der Waals surface area contributed by atoms with Crippen molar-refractivity contribution in [2.75, 3.05) is 6.54 Å². The molecular formula is C14H15N3O2S. The van der Waals surface area contributed by atoms with Gasteiger partial charge in [-0.05, 0) is 37.4 Å². The molecule has 6 heteroatoms. The highest BCUT2D eigenvalue weighted by atomic mass is 32.1. The van der Waals surface area contributed by atoms with E-state index in [1.807, 2.05) is 5.38 Å². The van der Waals surface area contributed by atoms with Gasteiger partial charge in [0.05, 0.1) is 10.6 Å². The molecule has 0 amide bonds. The van der Waals surface area contributed by atoms with E-state index in [9.17, 15) is 10.1 Å². The first-order chi connectivity index (χ1) is 9.72. The predicted octanol–water partition coefficient (Wildman–Crippen LogP) is 3.22. The highest BCUT2D eigenvalue weighted by molar-refractivity contribution is 7.09. The fourth-order valence-corrected chi connectivity index (χ4v) is 2.76. The molecule has 0 bridgehead atoms. The Bertz CT molecular complexity index is 605. The van der Waals surface area contributed by atoms with E-state index in [2.05, 4.69) is 10.3 Å². The number of nitro benzene ring substituents is 1. The van der Waals surface area contributed by atoms with Crippen molar-refractivity contribution in [3.05, 3.63) is 44.8 Å². The molecular weight excluding hydrogens is 274 g/mol. The number of benzene rings is 1. The summed E-state index contributed by atoms with van der Waals surface area (Å²) in [5, 5.41) is 17.1. The topological polar surface area (TPSA) is 68.1 Å². The minimum absolute atomic E-state index is 0.107. The van der Waals surface area contributed by atoms with Crippen LogP contribution in [-0.4, -0.2) is 16.5 Å². The SMILES string of the molecule is O=[N+]([O-])c1ccc(-c2csc(CNCC3CC3)n2)cc1. The van der Waals surface area contributed by atoms with Gasteiger partial charge in [0.15, 0.2) is 0 Å². The normalized spacial score (nSPS) is 14.4. The van der Waals surface area contributed by atoms with E-state index in [-0.39, 0.29) is 5.69 Å². The van der Waals surface area contributed by atoms with Crippen LogP contribution in [0.25, 0.3) is 11.3 Å². The Hall–Kier alpha value is -1.79. The number of thiazole rings is 1. The van der Waals surface area contributed by atoms with Crippen LogP contribution in [-0.2, 0) is 6.54 Å².